The third-order valence-electron chi connectivity index (χ3n) is 3.24. The average molecular weight is 262 g/mol. The molecule has 0 saturated carbocycles. The monoisotopic (exact) mass is 262 g/mol. The Labute approximate surface area is 114 Å². The number of carbonyl (C=O) groups excluding carboxylic acids is 1. The smallest absolute Gasteiger partial charge is 0.221 e. The summed E-state index contributed by atoms with van der Waals surface area (Å²) in [6, 6.07) is 3.95. The van der Waals surface area contributed by atoms with Crippen LogP contribution in [0.2, 0.25) is 0 Å². The molecule has 2 rings (SSSR count). The van der Waals surface area contributed by atoms with Gasteiger partial charge in [0.25, 0.3) is 0 Å². The second-order valence-electron chi connectivity index (χ2n) is 5.18. The van der Waals surface area contributed by atoms with Crippen LogP contribution < -0.4 is 16.0 Å². The standard InChI is InChI=1S/C14H22N4O/c1-11(15)8-14(19)17-10-12-4-5-13(16-9-12)18-6-2-3-7-18/h4-5,9,11H,2-3,6-8,10,15H2,1H3,(H,17,19). The van der Waals surface area contributed by atoms with Gasteiger partial charge in [0, 0.05) is 38.3 Å². The van der Waals surface area contributed by atoms with Crippen molar-refractivity contribution in [3.05, 3.63) is 23.9 Å². The highest BCUT2D eigenvalue weighted by Gasteiger charge is 2.13. The molecule has 0 aromatic carbocycles. The number of nitrogens with one attached hydrogen (secondary N) is 1. The molecule has 5 nitrogen and oxygen atoms in total. The quantitative estimate of drug-likeness (QED) is 0.831. The summed E-state index contributed by atoms with van der Waals surface area (Å²) in [5.74, 6) is 1.02. The third kappa shape index (κ3) is 4.21. The minimum Gasteiger partial charge on any atom is -0.357 e. The molecule has 104 valence electrons. The Hall–Kier alpha value is -1.62. The van der Waals surface area contributed by atoms with Gasteiger partial charge in [-0.05, 0) is 31.4 Å². The highest BCUT2D eigenvalue weighted by atomic mass is 16.1. The molecule has 1 saturated heterocycles. The van der Waals surface area contributed by atoms with Crippen LogP contribution in [0.5, 0.6) is 0 Å². The second kappa shape index (κ2) is 6.52. The summed E-state index contributed by atoms with van der Waals surface area (Å²) in [6.07, 6.45) is 4.69. The van der Waals surface area contributed by atoms with Gasteiger partial charge in [-0.25, -0.2) is 4.98 Å². The molecule has 0 bridgehead atoms. The molecule has 5 heteroatoms. The SMILES string of the molecule is CC(N)CC(=O)NCc1ccc(N2CCCC2)nc1. The molecular formula is C14H22N4O. The normalized spacial score (nSPS) is 16.4. The maximum absolute atomic E-state index is 11.5. The van der Waals surface area contributed by atoms with Crippen molar-refractivity contribution in [2.24, 2.45) is 5.73 Å². The van der Waals surface area contributed by atoms with E-state index in [4.69, 9.17) is 5.73 Å². The van der Waals surface area contributed by atoms with Gasteiger partial charge in [0.2, 0.25) is 5.91 Å². The van der Waals surface area contributed by atoms with Crippen molar-refractivity contribution in [1.82, 2.24) is 10.3 Å². The fraction of sp³-hybridized carbons (Fsp3) is 0.571. The van der Waals surface area contributed by atoms with E-state index < -0.39 is 0 Å². The average Bonchev–Trinajstić information content (AvgIpc) is 2.90. The number of pyridine rings is 1. The van der Waals surface area contributed by atoms with E-state index in [0.717, 1.165) is 24.5 Å². The molecule has 1 aliphatic rings. The number of carbonyl (C=O) groups is 1. The molecule has 1 aromatic heterocycles. The molecule has 2 heterocycles. The topological polar surface area (TPSA) is 71.2 Å². The zero-order valence-corrected chi connectivity index (χ0v) is 11.4. The Bertz CT molecular complexity index is 410. The molecule has 1 aromatic rings. The summed E-state index contributed by atoms with van der Waals surface area (Å²) < 4.78 is 0. The summed E-state index contributed by atoms with van der Waals surface area (Å²) in [5.41, 5.74) is 6.59. The van der Waals surface area contributed by atoms with Crippen LogP contribution >= 0.6 is 0 Å². The Morgan fingerprint density at radius 2 is 2.21 bits per heavy atom. The number of amides is 1. The number of aromatic nitrogens is 1. The van der Waals surface area contributed by atoms with Gasteiger partial charge in [-0.1, -0.05) is 6.07 Å². The molecule has 0 aliphatic carbocycles. The Morgan fingerprint density at radius 3 is 2.79 bits per heavy atom. The van der Waals surface area contributed by atoms with Crippen molar-refractivity contribution >= 4 is 11.7 Å². The first kappa shape index (κ1) is 13.8. The van der Waals surface area contributed by atoms with E-state index >= 15 is 0 Å². The van der Waals surface area contributed by atoms with Crippen LogP contribution in [-0.4, -0.2) is 30.0 Å². The van der Waals surface area contributed by atoms with Crippen molar-refractivity contribution < 1.29 is 4.79 Å². The molecule has 1 amide bonds. The van der Waals surface area contributed by atoms with E-state index in [1.165, 1.54) is 12.8 Å². The van der Waals surface area contributed by atoms with Gasteiger partial charge in [-0.3, -0.25) is 4.79 Å². The molecular weight excluding hydrogens is 240 g/mol. The van der Waals surface area contributed by atoms with Crippen LogP contribution in [0.3, 0.4) is 0 Å². The lowest BCUT2D eigenvalue weighted by Crippen LogP contribution is -2.29. The fourth-order valence-electron chi connectivity index (χ4n) is 2.22. The van der Waals surface area contributed by atoms with Crippen LogP contribution in [0.15, 0.2) is 18.3 Å². The van der Waals surface area contributed by atoms with Crippen LogP contribution in [-0.2, 0) is 11.3 Å². The summed E-state index contributed by atoms with van der Waals surface area (Å²) in [7, 11) is 0. The largest absolute Gasteiger partial charge is 0.357 e. The van der Waals surface area contributed by atoms with E-state index in [0.29, 0.717) is 13.0 Å². The summed E-state index contributed by atoms with van der Waals surface area (Å²) in [4.78, 5) is 18.2. The fourth-order valence-corrected chi connectivity index (χ4v) is 2.22. The number of hydrogen-bond donors (Lipinski definition) is 2. The third-order valence-corrected chi connectivity index (χ3v) is 3.24. The first-order valence-corrected chi connectivity index (χ1v) is 6.87. The van der Waals surface area contributed by atoms with Crippen molar-refractivity contribution in [1.29, 1.82) is 0 Å². The van der Waals surface area contributed by atoms with Crippen LogP contribution in [0.4, 0.5) is 5.82 Å². The molecule has 0 radical (unpaired) electrons. The van der Waals surface area contributed by atoms with Crippen molar-refractivity contribution in [2.75, 3.05) is 18.0 Å². The van der Waals surface area contributed by atoms with Gasteiger partial charge >= 0.3 is 0 Å². The first-order chi connectivity index (χ1) is 9.15. The Kier molecular flexibility index (Phi) is 4.74. The first-order valence-electron chi connectivity index (χ1n) is 6.87. The predicted octanol–water partition coefficient (Wildman–Crippen LogP) is 1.04. The van der Waals surface area contributed by atoms with Crippen molar-refractivity contribution in [3.63, 3.8) is 0 Å². The van der Waals surface area contributed by atoms with Crippen LogP contribution in [0, 0.1) is 0 Å². The summed E-state index contributed by atoms with van der Waals surface area (Å²) in [6.45, 7) is 4.53. The van der Waals surface area contributed by atoms with Crippen molar-refractivity contribution in [2.45, 2.75) is 38.8 Å². The van der Waals surface area contributed by atoms with Gasteiger partial charge in [0.1, 0.15) is 5.82 Å². The molecule has 0 spiro atoms. The van der Waals surface area contributed by atoms with Crippen LogP contribution in [0.25, 0.3) is 0 Å². The van der Waals surface area contributed by atoms with E-state index in [9.17, 15) is 4.79 Å². The lowest BCUT2D eigenvalue weighted by molar-refractivity contribution is -0.121. The number of nitrogens with zero attached hydrogens (tertiary/aromatic N) is 2. The minimum atomic E-state index is -0.101. The molecule has 19 heavy (non-hydrogen) atoms. The van der Waals surface area contributed by atoms with E-state index in [-0.39, 0.29) is 11.9 Å². The highest BCUT2D eigenvalue weighted by Crippen LogP contribution is 2.17. The lowest BCUT2D eigenvalue weighted by Gasteiger charge is -2.16. The maximum Gasteiger partial charge on any atom is 0.221 e. The number of rotatable bonds is 5. The highest BCUT2D eigenvalue weighted by molar-refractivity contribution is 5.76. The number of nitrogens with two attached hydrogens (primary N) is 1. The summed E-state index contributed by atoms with van der Waals surface area (Å²) in [5, 5.41) is 2.85. The maximum atomic E-state index is 11.5. The van der Waals surface area contributed by atoms with E-state index in [2.05, 4.69) is 15.2 Å². The van der Waals surface area contributed by atoms with Gasteiger partial charge in [0.15, 0.2) is 0 Å². The van der Waals surface area contributed by atoms with Gasteiger partial charge in [-0.15, -0.1) is 0 Å². The van der Waals surface area contributed by atoms with Crippen LogP contribution in [0.1, 0.15) is 31.7 Å². The molecule has 1 fully saturated rings. The number of anilines is 1. The van der Waals surface area contributed by atoms with Crippen molar-refractivity contribution in [3.8, 4) is 0 Å². The molecule has 3 N–H and O–H groups in total. The van der Waals surface area contributed by atoms with E-state index in [1.54, 1.807) is 0 Å². The minimum absolute atomic E-state index is 0.0152. The molecule has 1 atom stereocenters. The van der Waals surface area contributed by atoms with Gasteiger partial charge < -0.3 is 16.0 Å². The van der Waals surface area contributed by atoms with E-state index in [1.807, 2.05) is 25.3 Å². The predicted molar refractivity (Wildman–Crippen MR) is 75.8 cm³/mol. The Balaban J connectivity index is 1.83. The summed E-state index contributed by atoms with van der Waals surface area (Å²) >= 11 is 0. The molecule has 1 aliphatic heterocycles. The second-order valence-corrected chi connectivity index (χ2v) is 5.18. The zero-order chi connectivity index (χ0) is 13.7. The number of hydrogen-bond acceptors (Lipinski definition) is 4. The van der Waals surface area contributed by atoms with Gasteiger partial charge in [0.05, 0.1) is 0 Å². The van der Waals surface area contributed by atoms with Gasteiger partial charge in [-0.2, -0.15) is 0 Å². The molecule has 1 unspecified atom stereocenters. The zero-order valence-electron chi connectivity index (χ0n) is 11.4. The Morgan fingerprint density at radius 1 is 1.47 bits per heavy atom. The lowest BCUT2D eigenvalue weighted by atomic mass is 10.2.